The second-order valence-corrected chi connectivity index (χ2v) is 8.52. The quantitative estimate of drug-likeness (QED) is 0.823. The highest BCUT2D eigenvalue weighted by molar-refractivity contribution is 5.84. The third-order valence-corrected chi connectivity index (χ3v) is 8.01. The van der Waals surface area contributed by atoms with Gasteiger partial charge in [0.2, 0.25) is 0 Å². The molecular formula is C18H30O3. The van der Waals surface area contributed by atoms with Crippen molar-refractivity contribution in [1.82, 2.24) is 0 Å². The summed E-state index contributed by atoms with van der Waals surface area (Å²) < 4.78 is 0. The molecule has 3 saturated carbocycles. The summed E-state index contributed by atoms with van der Waals surface area (Å²) >= 11 is 0. The van der Waals surface area contributed by atoms with Crippen molar-refractivity contribution in [1.29, 1.82) is 0 Å². The molecule has 0 aromatic rings. The van der Waals surface area contributed by atoms with Crippen LogP contribution in [0.15, 0.2) is 0 Å². The van der Waals surface area contributed by atoms with Gasteiger partial charge in [0.15, 0.2) is 0 Å². The van der Waals surface area contributed by atoms with E-state index in [2.05, 4.69) is 20.8 Å². The molecular weight excluding hydrogens is 264 g/mol. The first-order valence-corrected chi connectivity index (χ1v) is 8.61. The second-order valence-electron chi connectivity index (χ2n) is 8.52. The largest absolute Gasteiger partial charge is 0.396 e. The lowest BCUT2D eigenvalue weighted by Gasteiger charge is -2.64. The number of carbonyl (C=O) groups is 1. The number of aliphatic hydroxyl groups excluding tert-OH is 2. The van der Waals surface area contributed by atoms with Crippen molar-refractivity contribution in [3.05, 3.63) is 0 Å². The zero-order chi connectivity index (χ0) is 15.5. The average molecular weight is 294 g/mol. The van der Waals surface area contributed by atoms with E-state index < -0.39 is 0 Å². The predicted molar refractivity (Wildman–Crippen MR) is 81.7 cm³/mol. The Kier molecular flexibility index (Phi) is 3.53. The van der Waals surface area contributed by atoms with Crippen LogP contribution in [0.4, 0.5) is 0 Å². The molecule has 120 valence electrons. The second kappa shape index (κ2) is 4.79. The molecule has 3 aliphatic carbocycles. The Labute approximate surface area is 128 Å². The number of fused-ring (bicyclic) bond motifs is 3. The van der Waals surface area contributed by atoms with Crippen LogP contribution in [-0.4, -0.2) is 28.7 Å². The maximum absolute atomic E-state index is 12.3. The van der Waals surface area contributed by atoms with E-state index in [4.69, 9.17) is 0 Å². The molecule has 3 heteroatoms. The molecule has 3 rings (SSSR count). The summed E-state index contributed by atoms with van der Waals surface area (Å²) in [4.78, 5) is 12.3. The zero-order valence-corrected chi connectivity index (χ0v) is 13.7. The number of carbonyl (C=O) groups excluding carboxylic acids is 1. The van der Waals surface area contributed by atoms with Gasteiger partial charge in [-0.15, -0.1) is 0 Å². The van der Waals surface area contributed by atoms with Crippen LogP contribution in [-0.2, 0) is 4.79 Å². The van der Waals surface area contributed by atoms with Crippen molar-refractivity contribution in [2.45, 2.75) is 71.8 Å². The van der Waals surface area contributed by atoms with Gasteiger partial charge in [-0.25, -0.2) is 0 Å². The van der Waals surface area contributed by atoms with Crippen molar-refractivity contribution >= 4 is 5.78 Å². The van der Waals surface area contributed by atoms with Gasteiger partial charge in [0.05, 0.1) is 6.10 Å². The maximum Gasteiger partial charge on any atom is 0.136 e. The molecule has 0 aromatic heterocycles. The van der Waals surface area contributed by atoms with E-state index in [-0.39, 0.29) is 34.9 Å². The molecule has 3 fully saturated rings. The Bertz CT molecular complexity index is 448. The lowest BCUT2D eigenvalue weighted by Crippen LogP contribution is -2.60. The highest BCUT2D eigenvalue weighted by Gasteiger charge is 2.65. The Morgan fingerprint density at radius 1 is 1.10 bits per heavy atom. The summed E-state index contributed by atoms with van der Waals surface area (Å²) in [5.74, 6) is 1.10. The topological polar surface area (TPSA) is 57.5 Å². The van der Waals surface area contributed by atoms with Gasteiger partial charge in [0.25, 0.3) is 0 Å². The van der Waals surface area contributed by atoms with Gasteiger partial charge in [-0.1, -0.05) is 20.8 Å². The van der Waals surface area contributed by atoms with Crippen LogP contribution in [0.2, 0.25) is 0 Å². The molecule has 0 aliphatic heterocycles. The first-order chi connectivity index (χ1) is 9.79. The average Bonchev–Trinajstić information content (AvgIpc) is 2.73. The summed E-state index contributed by atoms with van der Waals surface area (Å²) in [6.07, 6.45) is 5.92. The van der Waals surface area contributed by atoms with Gasteiger partial charge in [-0.2, -0.15) is 0 Å². The first-order valence-electron chi connectivity index (χ1n) is 8.61. The van der Waals surface area contributed by atoms with E-state index in [9.17, 15) is 15.0 Å². The molecule has 2 N–H and O–H groups in total. The number of rotatable bonds is 2. The van der Waals surface area contributed by atoms with Gasteiger partial charge < -0.3 is 10.2 Å². The summed E-state index contributed by atoms with van der Waals surface area (Å²) in [5, 5.41) is 20.1. The molecule has 21 heavy (non-hydrogen) atoms. The van der Waals surface area contributed by atoms with Crippen LogP contribution in [0, 0.1) is 28.1 Å². The summed E-state index contributed by atoms with van der Waals surface area (Å²) in [7, 11) is 0. The van der Waals surface area contributed by atoms with Crippen LogP contribution >= 0.6 is 0 Å². The molecule has 0 spiro atoms. The monoisotopic (exact) mass is 294 g/mol. The molecule has 0 aromatic carbocycles. The highest BCUT2D eigenvalue weighted by atomic mass is 16.3. The molecule has 3 nitrogen and oxygen atoms in total. The number of ketones is 1. The summed E-state index contributed by atoms with van der Waals surface area (Å²) in [6, 6.07) is 0. The molecule has 0 amide bonds. The van der Waals surface area contributed by atoms with Crippen LogP contribution in [0.25, 0.3) is 0 Å². The van der Waals surface area contributed by atoms with E-state index in [0.717, 1.165) is 38.5 Å². The Hall–Kier alpha value is -0.410. The lowest BCUT2D eigenvalue weighted by atomic mass is 9.40. The van der Waals surface area contributed by atoms with Crippen LogP contribution in [0.1, 0.15) is 65.7 Å². The molecule has 0 bridgehead atoms. The number of aliphatic hydroxyl groups is 2. The van der Waals surface area contributed by atoms with E-state index >= 15 is 0 Å². The normalized spacial score (nSPS) is 53.4. The Morgan fingerprint density at radius 3 is 2.48 bits per heavy atom. The number of hydrogen-bond acceptors (Lipinski definition) is 3. The molecule has 0 heterocycles. The van der Waals surface area contributed by atoms with Crippen molar-refractivity contribution < 1.29 is 15.0 Å². The van der Waals surface area contributed by atoms with E-state index in [1.54, 1.807) is 0 Å². The number of hydrogen-bond donors (Lipinski definition) is 2. The van der Waals surface area contributed by atoms with Gasteiger partial charge in [0.1, 0.15) is 5.78 Å². The third kappa shape index (κ3) is 1.83. The standard InChI is InChI=1S/C18H30O3/c1-16(10-11-19)14-5-4-12-13(20)6-8-17(12,2)18(14,3)9-7-15(16)21/h12,14-15,19,21H,4-11H2,1-3H3/t12-,14-,15-,16-,17-,18-/m1/s1. The van der Waals surface area contributed by atoms with Gasteiger partial charge in [-0.05, 0) is 60.7 Å². The van der Waals surface area contributed by atoms with Crippen LogP contribution in [0.5, 0.6) is 0 Å². The Balaban J connectivity index is 2.02. The predicted octanol–water partition coefficient (Wildman–Crippen LogP) is 2.93. The van der Waals surface area contributed by atoms with Gasteiger partial charge >= 0.3 is 0 Å². The molecule has 0 saturated heterocycles. The van der Waals surface area contributed by atoms with Gasteiger partial charge in [0, 0.05) is 18.9 Å². The number of Topliss-reactive ketones (excluding diaryl/α,β-unsaturated/α-hetero) is 1. The molecule has 3 aliphatic rings. The van der Waals surface area contributed by atoms with Crippen molar-refractivity contribution in [2.24, 2.45) is 28.1 Å². The Morgan fingerprint density at radius 2 is 1.81 bits per heavy atom. The summed E-state index contributed by atoms with van der Waals surface area (Å²) in [5.41, 5.74) is -0.00352. The summed E-state index contributed by atoms with van der Waals surface area (Å²) in [6.45, 7) is 6.99. The van der Waals surface area contributed by atoms with E-state index in [1.807, 2.05) is 0 Å². The van der Waals surface area contributed by atoms with Crippen LogP contribution in [0.3, 0.4) is 0 Å². The van der Waals surface area contributed by atoms with Crippen molar-refractivity contribution in [3.63, 3.8) is 0 Å². The van der Waals surface area contributed by atoms with Crippen molar-refractivity contribution in [2.75, 3.05) is 6.61 Å². The fourth-order valence-electron chi connectivity index (χ4n) is 6.40. The SMILES string of the molecule is C[C@]1(CCO)[C@H](O)CC[C@]2(C)[C@@H]1CC[C@@H]1C(=O)CC[C@]12C. The third-order valence-electron chi connectivity index (χ3n) is 8.01. The van der Waals surface area contributed by atoms with E-state index in [1.165, 1.54) is 0 Å². The maximum atomic E-state index is 12.3. The smallest absolute Gasteiger partial charge is 0.136 e. The zero-order valence-electron chi connectivity index (χ0n) is 13.7. The lowest BCUT2D eigenvalue weighted by molar-refractivity contribution is -0.191. The first kappa shape index (κ1) is 15.5. The van der Waals surface area contributed by atoms with Gasteiger partial charge in [-0.3, -0.25) is 4.79 Å². The minimum Gasteiger partial charge on any atom is -0.396 e. The fraction of sp³-hybridized carbons (Fsp3) is 0.944. The molecule has 0 radical (unpaired) electrons. The highest BCUT2D eigenvalue weighted by Crippen LogP contribution is 2.69. The molecule has 0 unspecified atom stereocenters. The minimum atomic E-state index is -0.319. The van der Waals surface area contributed by atoms with Crippen LogP contribution < -0.4 is 0 Å². The van der Waals surface area contributed by atoms with E-state index in [0.29, 0.717) is 18.1 Å². The fourth-order valence-corrected chi connectivity index (χ4v) is 6.40. The van der Waals surface area contributed by atoms with Crippen molar-refractivity contribution in [3.8, 4) is 0 Å². The minimum absolute atomic E-state index is 0.0872. The molecule has 6 atom stereocenters.